The van der Waals surface area contributed by atoms with Gasteiger partial charge in [-0.25, -0.2) is 0 Å². The highest BCUT2D eigenvalue weighted by Gasteiger charge is 2.16. The average Bonchev–Trinajstić information content (AvgIpc) is 3.30. The normalized spacial score (nSPS) is 12.1. The van der Waals surface area contributed by atoms with Crippen LogP contribution in [0.25, 0.3) is 43.9 Å². The summed E-state index contributed by atoms with van der Waals surface area (Å²) in [6.07, 6.45) is 0. The van der Waals surface area contributed by atoms with E-state index in [2.05, 4.69) is 93.2 Å². The van der Waals surface area contributed by atoms with Crippen LogP contribution < -0.4 is 10.4 Å². The van der Waals surface area contributed by atoms with Crippen molar-refractivity contribution in [1.29, 1.82) is 0 Å². The van der Waals surface area contributed by atoms with E-state index in [4.69, 9.17) is 8.83 Å². The van der Waals surface area contributed by atoms with Crippen LogP contribution in [0.4, 0.5) is 0 Å². The molecule has 145 valence electrons. The lowest BCUT2D eigenvalue weighted by Gasteiger charge is -2.11. The van der Waals surface area contributed by atoms with E-state index < -0.39 is 8.80 Å². The van der Waals surface area contributed by atoms with Crippen molar-refractivity contribution < 1.29 is 8.83 Å². The fourth-order valence-corrected chi connectivity index (χ4v) is 6.14. The lowest BCUT2D eigenvalue weighted by molar-refractivity contribution is 0.668. The molecule has 0 unspecified atom stereocenters. The van der Waals surface area contributed by atoms with E-state index in [1.165, 1.54) is 43.0 Å². The molecule has 0 amide bonds. The summed E-state index contributed by atoms with van der Waals surface area (Å²) in [6.45, 7) is 6.63. The Morgan fingerprint density at radius 1 is 0.500 bits per heavy atom. The smallest absolute Gasteiger partial charge is 0.135 e. The number of aryl methyl sites for hydroxylation is 2. The number of rotatable bonds is 2. The molecule has 2 nitrogen and oxygen atoms in total. The molecular formula is C27H21O2Si. The minimum atomic E-state index is -0.921. The van der Waals surface area contributed by atoms with E-state index in [-0.39, 0.29) is 0 Å². The maximum Gasteiger partial charge on any atom is 0.135 e. The SMILES string of the molecule is Cc1ccc2oc3ccc([Si](C)c4ccc5oc6ccc(C)cc6c5c4)cc3c2c1. The van der Waals surface area contributed by atoms with Gasteiger partial charge >= 0.3 is 0 Å². The molecular weight excluding hydrogens is 384 g/mol. The van der Waals surface area contributed by atoms with Crippen LogP contribution in [0.15, 0.2) is 81.6 Å². The van der Waals surface area contributed by atoms with Crippen molar-refractivity contribution in [1.82, 2.24) is 0 Å². The van der Waals surface area contributed by atoms with Crippen LogP contribution in [0.3, 0.4) is 0 Å². The first-order valence-corrected chi connectivity index (χ1v) is 12.3. The molecule has 6 rings (SSSR count). The summed E-state index contributed by atoms with van der Waals surface area (Å²) in [5.74, 6) is 0. The molecule has 0 saturated carbocycles. The zero-order valence-corrected chi connectivity index (χ0v) is 18.2. The summed E-state index contributed by atoms with van der Waals surface area (Å²) in [6, 6.07) is 26.2. The first kappa shape index (κ1) is 17.5. The van der Waals surface area contributed by atoms with E-state index >= 15 is 0 Å². The van der Waals surface area contributed by atoms with Gasteiger partial charge in [0, 0.05) is 21.5 Å². The highest BCUT2D eigenvalue weighted by Crippen LogP contribution is 2.30. The fraction of sp³-hybridized carbons (Fsp3) is 0.111. The van der Waals surface area contributed by atoms with Gasteiger partial charge in [0.15, 0.2) is 0 Å². The predicted octanol–water partition coefficient (Wildman–Crippen LogP) is 6.34. The second kappa shape index (κ2) is 6.35. The first-order valence-electron chi connectivity index (χ1n) is 10.3. The number of benzene rings is 4. The van der Waals surface area contributed by atoms with Gasteiger partial charge in [-0.1, -0.05) is 64.4 Å². The third-order valence-corrected chi connectivity index (χ3v) is 8.47. The lowest BCUT2D eigenvalue weighted by atomic mass is 10.1. The predicted molar refractivity (Wildman–Crippen MR) is 128 cm³/mol. The Morgan fingerprint density at radius 3 is 1.30 bits per heavy atom. The van der Waals surface area contributed by atoms with E-state index in [1.807, 2.05) is 0 Å². The molecule has 0 fully saturated rings. The molecule has 6 aromatic rings. The Kier molecular flexibility index (Phi) is 3.71. The van der Waals surface area contributed by atoms with Gasteiger partial charge in [0.1, 0.15) is 31.1 Å². The van der Waals surface area contributed by atoms with Crippen LogP contribution in [0.1, 0.15) is 11.1 Å². The third-order valence-electron chi connectivity index (χ3n) is 6.12. The van der Waals surface area contributed by atoms with Gasteiger partial charge in [-0.15, -0.1) is 0 Å². The van der Waals surface area contributed by atoms with Crippen LogP contribution in [0, 0.1) is 13.8 Å². The minimum Gasteiger partial charge on any atom is -0.456 e. The highest BCUT2D eigenvalue weighted by atomic mass is 28.3. The van der Waals surface area contributed by atoms with Crippen LogP contribution in [-0.2, 0) is 0 Å². The Hall–Kier alpha value is -3.30. The number of fused-ring (bicyclic) bond motifs is 6. The van der Waals surface area contributed by atoms with E-state index in [1.54, 1.807) is 0 Å². The van der Waals surface area contributed by atoms with Crippen molar-refractivity contribution in [3.05, 3.63) is 83.9 Å². The van der Waals surface area contributed by atoms with Crippen molar-refractivity contribution in [3.8, 4) is 0 Å². The molecule has 30 heavy (non-hydrogen) atoms. The monoisotopic (exact) mass is 405 g/mol. The Balaban J connectivity index is 1.50. The van der Waals surface area contributed by atoms with Crippen LogP contribution >= 0.6 is 0 Å². The number of hydrogen-bond donors (Lipinski definition) is 0. The molecule has 0 aliphatic rings. The Morgan fingerprint density at radius 2 is 0.867 bits per heavy atom. The third kappa shape index (κ3) is 2.62. The minimum absolute atomic E-state index is 0.921. The zero-order valence-electron chi connectivity index (χ0n) is 17.2. The maximum absolute atomic E-state index is 6.05. The van der Waals surface area contributed by atoms with Crippen molar-refractivity contribution in [2.75, 3.05) is 0 Å². The molecule has 0 aliphatic heterocycles. The molecule has 0 atom stereocenters. The van der Waals surface area contributed by atoms with Crippen LogP contribution in [-0.4, -0.2) is 8.80 Å². The molecule has 4 aromatic carbocycles. The molecule has 0 spiro atoms. The average molecular weight is 406 g/mol. The van der Waals surface area contributed by atoms with Gasteiger partial charge in [-0.3, -0.25) is 0 Å². The second-order valence-corrected chi connectivity index (χ2v) is 10.7. The lowest BCUT2D eigenvalue weighted by Crippen LogP contribution is -2.38. The van der Waals surface area contributed by atoms with Gasteiger partial charge in [-0.2, -0.15) is 0 Å². The topological polar surface area (TPSA) is 26.3 Å². The van der Waals surface area contributed by atoms with Gasteiger partial charge in [-0.05, 0) is 50.2 Å². The second-order valence-electron chi connectivity index (χ2n) is 8.25. The van der Waals surface area contributed by atoms with Crippen molar-refractivity contribution >= 4 is 63.0 Å². The molecule has 3 heteroatoms. The quantitative estimate of drug-likeness (QED) is 0.314. The van der Waals surface area contributed by atoms with Crippen molar-refractivity contribution in [3.63, 3.8) is 0 Å². The van der Waals surface area contributed by atoms with Gasteiger partial charge in [0.25, 0.3) is 0 Å². The number of furan rings is 2. The van der Waals surface area contributed by atoms with Gasteiger partial charge in [0.2, 0.25) is 0 Å². The Labute approximate surface area is 176 Å². The highest BCUT2D eigenvalue weighted by molar-refractivity contribution is 6.84. The summed E-state index contributed by atoms with van der Waals surface area (Å²) in [7, 11) is -0.921. The summed E-state index contributed by atoms with van der Waals surface area (Å²) in [4.78, 5) is 0. The van der Waals surface area contributed by atoms with E-state index in [0.29, 0.717) is 0 Å². The van der Waals surface area contributed by atoms with Crippen LogP contribution in [0.2, 0.25) is 6.55 Å². The van der Waals surface area contributed by atoms with Crippen LogP contribution in [0.5, 0.6) is 0 Å². The summed E-state index contributed by atoms with van der Waals surface area (Å²) < 4.78 is 12.1. The largest absolute Gasteiger partial charge is 0.456 e. The maximum atomic E-state index is 6.05. The Bertz CT molecular complexity index is 1470. The summed E-state index contributed by atoms with van der Waals surface area (Å²) >= 11 is 0. The van der Waals surface area contributed by atoms with E-state index in [0.717, 1.165) is 22.3 Å². The molecule has 0 bridgehead atoms. The van der Waals surface area contributed by atoms with Crippen molar-refractivity contribution in [2.45, 2.75) is 20.4 Å². The van der Waals surface area contributed by atoms with E-state index in [9.17, 15) is 0 Å². The fourth-order valence-electron chi connectivity index (χ4n) is 4.42. The first-order chi connectivity index (χ1) is 14.6. The van der Waals surface area contributed by atoms with Crippen molar-refractivity contribution in [2.24, 2.45) is 0 Å². The molecule has 0 aliphatic carbocycles. The molecule has 0 saturated heterocycles. The molecule has 0 N–H and O–H groups in total. The molecule has 2 heterocycles. The van der Waals surface area contributed by atoms with Gasteiger partial charge in [0.05, 0.1) is 0 Å². The molecule has 2 aromatic heterocycles. The summed E-state index contributed by atoms with van der Waals surface area (Å²) in [5.41, 5.74) is 6.34. The molecule has 1 radical (unpaired) electrons. The zero-order chi connectivity index (χ0) is 20.4. The standard InChI is InChI=1S/C27H21O2Si/c1-16-4-8-24-20(12-16)22-14-18(6-10-26(22)28-24)30(3)19-7-11-27-23(15-19)21-13-17(2)5-9-25(21)29-27/h4-15H,1-3H3. The number of hydrogen-bond acceptors (Lipinski definition) is 2. The van der Waals surface area contributed by atoms with Gasteiger partial charge < -0.3 is 8.83 Å². The summed E-state index contributed by atoms with van der Waals surface area (Å²) in [5, 5.41) is 7.60.